The highest BCUT2D eigenvalue weighted by atomic mass is 35.5. The van der Waals surface area contributed by atoms with Gasteiger partial charge in [-0.2, -0.15) is 5.26 Å². The van der Waals surface area contributed by atoms with Crippen LogP contribution in [0, 0.1) is 28.8 Å². The van der Waals surface area contributed by atoms with Crippen molar-refractivity contribution in [3.8, 4) is 23.2 Å². The Labute approximate surface area is 187 Å². The Morgan fingerprint density at radius 3 is 2.53 bits per heavy atom. The van der Waals surface area contributed by atoms with E-state index in [0.29, 0.717) is 34.3 Å². The number of rotatable bonds is 6. The van der Waals surface area contributed by atoms with Crippen molar-refractivity contribution >= 4 is 22.6 Å². The summed E-state index contributed by atoms with van der Waals surface area (Å²) in [7, 11) is 0. The number of hydrogen-bond donors (Lipinski definition) is 0. The molecule has 0 unspecified atom stereocenters. The van der Waals surface area contributed by atoms with E-state index in [1.807, 2.05) is 13.0 Å². The average Bonchev–Trinajstić information content (AvgIpc) is 3.10. The normalized spacial score (nSPS) is 11.0. The second-order valence-electron chi connectivity index (χ2n) is 7.18. The summed E-state index contributed by atoms with van der Waals surface area (Å²) < 4.78 is 50.1. The summed E-state index contributed by atoms with van der Waals surface area (Å²) in [5.74, 6) is -1.85. The Bertz CT molecular complexity index is 1360. The fraction of sp³-hybridized carbons (Fsp3) is 0.167. The predicted octanol–water partition coefficient (Wildman–Crippen LogP) is 6.48. The minimum atomic E-state index is -1.04. The van der Waals surface area contributed by atoms with E-state index in [0.717, 1.165) is 24.6 Å². The molecule has 0 aliphatic rings. The molecule has 8 heteroatoms. The number of aromatic nitrogens is 2. The van der Waals surface area contributed by atoms with Gasteiger partial charge in [0.15, 0.2) is 11.6 Å². The van der Waals surface area contributed by atoms with Gasteiger partial charge in [-0.3, -0.25) is 0 Å². The topological polar surface area (TPSA) is 50.8 Å². The van der Waals surface area contributed by atoms with Crippen LogP contribution in [0.4, 0.5) is 13.2 Å². The van der Waals surface area contributed by atoms with E-state index in [-0.39, 0.29) is 23.2 Å². The molecule has 0 amide bonds. The van der Waals surface area contributed by atoms with Crippen molar-refractivity contribution in [1.29, 1.82) is 5.26 Å². The lowest BCUT2D eigenvalue weighted by molar-refractivity contribution is 0.318. The first-order chi connectivity index (χ1) is 15.4. The van der Waals surface area contributed by atoms with Gasteiger partial charge in [0, 0.05) is 22.7 Å². The van der Waals surface area contributed by atoms with Crippen LogP contribution < -0.4 is 4.74 Å². The zero-order chi connectivity index (χ0) is 22.8. The van der Waals surface area contributed by atoms with Gasteiger partial charge in [0.1, 0.15) is 17.4 Å². The number of benzene rings is 3. The highest BCUT2D eigenvalue weighted by Crippen LogP contribution is 2.35. The molecule has 0 atom stereocenters. The van der Waals surface area contributed by atoms with Crippen LogP contribution in [0.2, 0.25) is 5.02 Å². The summed E-state index contributed by atoms with van der Waals surface area (Å²) >= 11 is 6.14. The van der Waals surface area contributed by atoms with Gasteiger partial charge in [0.25, 0.3) is 0 Å². The van der Waals surface area contributed by atoms with Crippen molar-refractivity contribution in [3.63, 3.8) is 0 Å². The molecule has 0 bridgehead atoms. The third-order valence-electron chi connectivity index (χ3n) is 4.95. The lowest BCUT2D eigenvalue weighted by atomic mass is 10.1. The molecule has 0 saturated heterocycles. The van der Waals surface area contributed by atoms with E-state index in [2.05, 4.69) is 4.98 Å². The predicted molar refractivity (Wildman–Crippen MR) is 116 cm³/mol. The van der Waals surface area contributed by atoms with E-state index >= 15 is 0 Å². The zero-order valence-corrected chi connectivity index (χ0v) is 17.8. The van der Waals surface area contributed by atoms with E-state index in [9.17, 15) is 13.2 Å². The molecule has 0 saturated carbocycles. The molecule has 0 spiro atoms. The van der Waals surface area contributed by atoms with Crippen molar-refractivity contribution in [1.82, 2.24) is 9.55 Å². The van der Waals surface area contributed by atoms with Crippen molar-refractivity contribution < 1.29 is 17.9 Å². The van der Waals surface area contributed by atoms with Crippen molar-refractivity contribution in [2.45, 2.75) is 19.9 Å². The molecule has 0 radical (unpaired) electrons. The number of hydrogen-bond acceptors (Lipinski definition) is 3. The monoisotopic (exact) mass is 455 g/mol. The highest BCUT2D eigenvalue weighted by Gasteiger charge is 2.20. The molecule has 1 heterocycles. The maximum Gasteiger partial charge on any atom is 0.161 e. The summed E-state index contributed by atoms with van der Waals surface area (Å²) in [5.41, 5.74) is 1.50. The standard InChI is InChI=1S/C24H17ClF3N3O/c1-2-7-32-23-9-16(25)5-6-17(23)24-30-21-10-19(27)20(28)11-22(21)31(24)13-15-4-3-14(12-29)8-18(15)26/h3-6,8-11H,2,7,13H2,1H3. The quantitative estimate of drug-likeness (QED) is 0.334. The van der Waals surface area contributed by atoms with Crippen LogP contribution in [-0.4, -0.2) is 16.2 Å². The summed E-state index contributed by atoms with van der Waals surface area (Å²) in [4.78, 5) is 4.50. The maximum atomic E-state index is 14.6. The van der Waals surface area contributed by atoms with Crippen LogP contribution in [0.25, 0.3) is 22.4 Å². The largest absolute Gasteiger partial charge is 0.493 e. The summed E-state index contributed by atoms with van der Waals surface area (Å²) in [6.45, 7) is 2.37. The second kappa shape index (κ2) is 8.93. The van der Waals surface area contributed by atoms with Crippen LogP contribution in [0.1, 0.15) is 24.5 Å². The van der Waals surface area contributed by atoms with Crippen LogP contribution >= 0.6 is 11.6 Å². The molecular formula is C24H17ClF3N3O. The first kappa shape index (κ1) is 21.7. The molecule has 1 aromatic heterocycles. The van der Waals surface area contributed by atoms with Gasteiger partial charge < -0.3 is 9.30 Å². The molecule has 0 aliphatic carbocycles. The van der Waals surface area contributed by atoms with Gasteiger partial charge >= 0.3 is 0 Å². The van der Waals surface area contributed by atoms with E-state index in [1.165, 1.54) is 12.1 Å². The van der Waals surface area contributed by atoms with Crippen LogP contribution in [-0.2, 0) is 6.54 Å². The van der Waals surface area contributed by atoms with Crippen LogP contribution in [0.15, 0.2) is 48.5 Å². The summed E-state index contributed by atoms with van der Waals surface area (Å²) in [6.07, 6.45) is 0.759. The smallest absolute Gasteiger partial charge is 0.161 e. The third kappa shape index (κ3) is 4.14. The zero-order valence-electron chi connectivity index (χ0n) is 17.0. The van der Waals surface area contributed by atoms with Crippen LogP contribution in [0.3, 0.4) is 0 Å². The fourth-order valence-corrected chi connectivity index (χ4v) is 3.58. The van der Waals surface area contributed by atoms with Crippen LogP contribution in [0.5, 0.6) is 5.75 Å². The first-order valence-electron chi connectivity index (χ1n) is 9.87. The number of imidazole rings is 1. The molecule has 4 nitrogen and oxygen atoms in total. The SMILES string of the molecule is CCCOc1cc(Cl)ccc1-c1nc2cc(F)c(F)cc2n1Cc1ccc(C#N)cc1F. The van der Waals surface area contributed by atoms with Crippen molar-refractivity contribution in [2.75, 3.05) is 6.61 Å². The Kier molecular flexibility index (Phi) is 6.06. The molecule has 162 valence electrons. The van der Waals surface area contributed by atoms with Crippen molar-refractivity contribution in [3.05, 3.63) is 82.1 Å². The maximum absolute atomic E-state index is 14.6. The molecule has 0 fully saturated rings. The van der Waals surface area contributed by atoms with Gasteiger partial charge in [-0.25, -0.2) is 18.2 Å². The Morgan fingerprint density at radius 2 is 1.81 bits per heavy atom. The molecule has 32 heavy (non-hydrogen) atoms. The fourth-order valence-electron chi connectivity index (χ4n) is 3.41. The minimum absolute atomic E-state index is 0.0235. The van der Waals surface area contributed by atoms with Gasteiger partial charge in [-0.05, 0) is 36.8 Å². The number of nitriles is 1. The van der Waals surface area contributed by atoms with E-state index in [4.69, 9.17) is 21.6 Å². The number of halogens is 4. The first-order valence-corrected chi connectivity index (χ1v) is 10.3. The lowest BCUT2D eigenvalue weighted by Gasteiger charge is -2.14. The Morgan fingerprint density at radius 1 is 1.03 bits per heavy atom. The van der Waals surface area contributed by atoms with Gasteiger partial charge in [-0.15, -0.1) is 0 Å². The van der Waals surface area contributed by atoms with E-state index < -0.39 is 17.5 Å². The molecule has 4 rings (SSSR count). The van der Waals surface area contributed by atoms with Gasteiger partial charge in [-0.1, -0.05) is 24.6 Å². The molecule has 3 aromatic carbocycles. The molecule has 0 aliphatic heterocycles. The van der Waals surface area contributed by atoms with Crippen molar-refractivity contribution in [2.24, 2.45) is 0 Å². The minimum Gasteiger partial charge on any atom is -0.493 e. The summed E-state index contributed by atoms with van der Waals surface area (Å²) in [5, 5.41) is 9.45. The third-order valence-corrected chi connectivity index (χ3v) is 5.18. The number of nitrogens with zero attached hydrogens (tertiary/aromatic N) is 3. The van der Waals surface area contributed by atoms with Gasteiger partial charge in [0.2, 0.25) is 0 Å². The average molecular weight is 456 g/mol. The summed E-state index contributed by atoms with van der Waals surface area (Å²) in [6, 6.07) is 13.0. The molecule has 0 N–H and O–H groups in total. The Hall–Kier alpha value is -3.50. The Balaban J connectivity index is 1.93. The molecular weight excluding hydrogens is 439 g/mol. The highest BCUT2D eigenvalue weighted by molar-refractivity contribution is 6.30. The van der Waals surface area contributed by atoms with E-state index in [1.54, 1.807) is 22.8 Å². The lowest BCUT2D eigenvalue weighted by Crippen LogP contribution is -2.06. The molecule has 4 aromatic rings. The number of ether oxygens (including phenoxy) is 1. The van der Waals surface area contributed by atoms with Gasteiger partial charge in [0.05, 0.1) is 41.4 Å². The number of fused-ring (bicyclic) bond motifs is 1. The second-order valence-corrected chi connectivity index (χ2v) is 7.62.